The Balaban J connectivity index is 2.38. The van der Waals surface area contributed by atoms with Crippen molar-refractivity contribution in [3.8, 4) is 0 Å². The molecule has 0 aliphatic carbocycles. The van der Waals surface area contributed by atoms with Crippen molar-refractivity contribution >= 4 is 11.8 Å². The number of carbonyl (C=O) groups excluding carboxylic acids is 2. The molecular weight excluding hydrogens is 270 g/mol. The van der Waals surface area contributed by atoms with Crippen LogP contribution in [0.5, 0.6) is 0 Å². The van der Waals surface area contributed by atoms with Gasteiger partial charge >= 0.3 is 0 Å². The summed E-state index contributed by atoms with van der Waals surface area (Å²) in [5.41, 5.74) is 0.860. The highest BCUT2D eigenvalue weighted by Crippen LogP contribution is 2.31. The zero-order chi connectivity index (χ0) is 15.8. The number of piperazine rings is 1. The molecule has 1 aromatic rings. The molecule has 2 amide bonds. The number of carbonyl (C=O) groups is 2. The van der Waals surface area contributed by atoms with Gasteiger partial charge in [0.05, 0.1) is 11.7 Å². The standard InChI is InChI=1S/C15H23N3O3/c1-6-15(7-2)14(20)18(8-12(19)16-15)10(4)13-9(3)17-21-11(13)5/h10H,6-8H2,1-5H3,(H,16,19). The number of aryl methyl sites for hydroxylation is 2. The number of hydrogen-bond acceptors (Lipinski definition) is 4. The summed E-state index contributed by atoms with van der Waals surface area (Å²) in [6.45, 7) is 9.51. The average molecular weight is 293 g/mol. The first-order valence-corrected chi connectivity index (χ1v) is 7.41. The van der Waals surface area contributed by atoms with Crippen LogP contribution in [0.1, 0.15) is 56.7 Å². The summed E-state index contributed by atoms with van der Waals surface area (Å²) >= 11 is 0. The van der Waals surface area contributed by atoms with Crippen molar-refractivity contribution in [3.05, 3.63) is 17.0 Å². The molecule has 2 rings (SSSR count). The fraction of sp³-hybridized carbons (Fsp3) is 0.667. The largest absolute Gasteiger partial charge is 0.361 e. The van der Waals surface area contributed by atoms with Gasteiger partial charge in [-0.25, -0.2) is 0 Å². The van der Waals surface area contributed by atoms with Crippen molar-refractivity contribution < 1.29 is 14.1 Å². The Hall–Kier alpha value is -1.85. The number of nitrogens with zero attached hydrogens (tertiary/aromatic N) is 2. The highest BCUT2D eigenvalue weighted by molar-refractivity contribution is 5.98. The zero-order valence-corrected chi connectivity index (χ0v) is 13.3. The fourth-order valence-electron chi connectivity index (χ4n) is 3.15. The molecule has 1 unspecified atom stereocenters. The molecule has 21 heavy (non-hydrogen) atoms. The summed E-state index contributed by atoms with van der Waals surface area (Å²) in [7, 11) is 0. The highest BCUT2D eigenvalue weighted by Gasteiger charge is 2.46. The second-order valence-electron chi connectivity index (χ2n) is 5.68. The summed E-state index contributed by atoms with van der Waals surface area (Å²) in [5.74, 6) is 0.550. The smallest absolute Gasteiger partial charge is 0.249 e. The highest BCUT2D eigenvalue weighted by atomic mass is 16.5. The van der Waals surface area contributed by atoms with E-state index in [4.69, 9.17) is 4.52 Å². The minimum Gasteiger partial charge on any atom is -0.361 e. The molecule has 1 fully saturated rings. The number of rotatable bonds is 4. The number of hydrogen-bond donors (Lipinski definition) is 1. The summed E-state index contributed by atoms with van der Waals surface area (Å²) in [4.78, 5) is 26.6. The van der Waals surface area contributed by atoms with Gasteiger partial charge < -0.3 is 14.7 Å². The minimum absolute atomic E-state index is 0.0281. The van der Waals surface area contributed by atoms with Crippen LogP contribution in [-0.2, 0) is 9.59 Å². The first-order valence-electron chi connectivity index (χ1n) is 7.41. The average Bonchev–Trinajstić information content (AvgIpc) is 2.79. The molecular formula is C15H23N3O3. The van der Waals surface area contributed by atoms with Crippen LogP contribution in [0.3, 0.4) is 0 Å². The van der Waals surface area contributed by atoms with E-state index in [1.54, 1.807) is 4.90 Å². The second kappa shape index (κ2) is 5.50. The molecule has 0 aromatic carbocycles. The quantitative estimate of drug-likeness (QED) is 0.919. The number of nitrogens with one attached hydrogen (secondary N) is 1. The van der Waals surface area contributed by atoms with Crippen molar-refractivity contribution in [3.63, 3.8) is 0 Å². The molecule has 1 aliphatic rings. The van der Waals surface area contributed by atoms with Crippen LogP contribution >= 0.6 is 0 Å². The van der Waals surface area contributed by atoms with E-state index < -0.39 is 5.54 Å². The first kappa shape index (κ1) is 15.5. The van der Waals surface area contributed by atoms with Gasteiger partial charge in [-0.3, -0.25) is 9.59 Å². The molecule has 6 heteroatoms. The maximum absolute atomic E-state index is 12.9. The third-order valence-corrected chi connectivity index (χ3v) is 4.54. The van der Waals surface area contributed by atoms with E-state index >= 15 is 0 Å². The molecule has 1 aromatic heterocycles. The molecule has 0 saturated carbocycles. The lowest BCUT2D eigenvalue weighted by Crippen LogP contribution is -2.66. The van der Waals surface area contributed by atoms with Crippen molar-refractivity contribution in [2.45, 2.75) is 59.0 Å². The lowest BCUT2D eigenvalue weighted by molar-refractivity contribution is -0.152. The third kappa shape index (κ3) is 2.43. The summed E-state index contributed by atoms with van der Waals surface area (Å²) in [5, 5.41) is 6.81. The molecule has 116 valence electrons. The van der Waals surface area contributed by atoms with Crippen molar-refractivity contribution in [1.29, 1.82) is 0 Å². The maximum atomic E-state index is 12.9. The summed E-state index contributed by atoms with van der Waals surface area (Å²) in [6.07, 6.45) is 1.16. The second-order valence-corrected chi connectivity index (χ2v) is 5.68. The Kier molecular flexibility index (Phi) is 4.07. The van der Waals surface area contributed by atoms with Crippen molar-refractivity contribution in [1.82, 2.24) is 15.4 Å². The predicted molar refractivity (Wildman–Crippen MR) is 77.6 cm³/mol. The molecule has 1 aliphatic heterocycles. The molecule has 1 N–H and O–H groups in total. The van der Waals surface area contributed by atoms with E-state index in [1.807, 2.05) is 34.6 Å². The third-order valence-electron chi connectivity index (χ3n) is 4.54. The van der Waals surface area contributed by atoms with E-state index in [9.17, 15) is 9.59 Å². The van der Waals surface area contributed by atoms with Gasteiger partial charge in [0, 0.05) is 5.56 Å². The lowest BCUT2D eigenvalue weighted by Gasteiger charge is -2.43. The molecule has 0 bridgehead atoms. The van der Waals surface area contributed by atoms with Gasteiger partial charge in [0.25, 0.3) is 0 Å². The predicted octanol–water partition coefficient (Wildman–Crippen LogP) is 1.87. The van der Waals surface area contributed by atoms with E-state index in [0.29, 0.717) is 18.6 Å². The molecule has 2 heterocycles. The summed E-state index contributed by atoms with van der Waals surface area (Å²) < 4.78 is 5.19. The Morgan fingerprint density at radius 1 is 1.33 bits per heavy atom. The Bertz CT molecular complexity index is 541. The Morgan fingerprint density at radius 3 is 2.43 bits per heavy atom. The van der Waals surface area contributed by atoms with E-state index in [1.165, 1.54) is 0 Å². The van der Waals surface area contributed by atoms with Gasteiger partial charge in [-0.15, -0.1) is 0 Å². The first-order chi connectivity index (χ1) is 9.86. The lowest BCUT2D eigenvalue weighted by atomic mass is 9.87. The fourth-order valence-corrected chi connectivity index (χ4v) is 3.15. The van der Waals surface area contributed by atoms with Gasteiger partial charge in [-0.05, 0) is 33.6 Å². The topological polar surface area (TPSA) is 75.4 Å². The zero-order valence-electron chi connectivity index (χ0n) is 13.3. The van der Waals surface area contributed by atoms with E-state index in [2.05, 4.69) is 10.5 Å². The summed E-state index contributed by atoms with van der Waals surface area (Å²) in [6, 6.07) is -0.229. The van der Waals surface area contributed by atoms with Gasteiger partial charge in [0.15, 0.2) is 0 Å². The van der Waals surface area contributed by atoms with Gasteiger partial charge in [0.1, 0.15) is 17.8 Å². The number of amides is 2. The molecule has 0 radical (unpaired) electrons. The van der Waals surface area contributed by atoms with E-state index in [0.717, 1.165) is 11.3 Å². The Labute approximate surface area is 124 Å². The van der Waals surface area contributed by atoms with Crippen LogP contribution in [0.4, 0.5) is 0 Å². The molecule has 6 nitrogen and oxygen atoms in total. The van der Waals surface area contributed by atoms with E-state index in [-0.39, 0.29) is 24.4 Å². The van der Waals surface area contributed by atoms with Crippen LogP contribution in [0.25, 0.3) is 0 Å². The normalized spacial score (nSPS) is 19.6. The molecule has 1 atom stereocenters. The monoisotopic (exact) mass is 293 g/mol. The van der Waals surface area contributed by atoms with Crippen LogP contribution in [0, 0.1) is 13.8 Å². The SMILES string of the molecule is CCC1(CC)NC(=O)CN(C(C)c2c(C)noc2C)C1=O. The van der Waals surface area contributed by atoms with Gasteiger partial charge in [-0.1, -0.05) is 19.0 Å². The van der Waals surface area contributed by atoms with Crippen LogP contribution < -0.4 is 5.32 Å². The van der Waals surface area contributed by atoms with Gasteiger partial charge in [0.2, 0.25) is 11.8 Å². The van der Waals surface area contributed by atoms with Crippen LogP contribution in [0.15, 0.2) is 4.52 Å². The number of aromatic nitrogens is 1. The molecule has 0 spiro atoms. The Morgan fingerprint density at radius 2 is 1.95 bits per heavy atom. The van der Waals surface area contributed by atoms with Crippen molar-refractivity contribution in [2.24, 2.45) is 0 Å². The molecule has 1 saturated heterocycles. The van der Waals surface area contributed by atoms with Crippen LogP contribution in [0.2, 0.25) is 0 Å². The van der Waals surface area contributed by atoms with Gasteiger partial charge in [-0.2, -0.15) is 0 Å². The van der Waals surface area contributed by atoms with Crippen LogP contribution in [-0.4, -0.2) is 34.0 Å². The minimum atomic E-state index is -0.789. The van der Waals surface area contributed by atoms with Crippen molar-refractivity contribution in [2.75, 3.05) is 6.54 Å². The maximum Gasteiger partial charge on any atom is 0.249 e.